The van der Waals surface area contributed by atoms with E-state index in [-0.39, 0.29) is 5.69 Å². The van der Waals surface area contributed by atoms with Crippen molar-refractivity contribution in [1.29, 1.82) is 0 Å². The molecule has 0 aliphatic rings. The highest BCUT2D eigenvalue weighted by Crippen LogP contribution is 2.20. The molecule has 98 valence electrons. The van der Waals surface area contributed by atoms with Crippen LogP contribution >= 0.6 is 0 Å². The number of rotatable bonds is 5. The quantitative estimate of drug-likeness (QED) is 0.600. The Morgan fingerprint density at radius 2 is 1.89 bits per heavy atom. The summed E-state index contributed by atoms with van der Waals surface area (Å²) in [7, 11) is 0. The molecule has 1 aromatic heterocycles. The van der Waals surface area contributed by atoms with Gasteiger partial charge in [-0.2, -0.15) is 0 Å². The van der Waals surface area contributed by atoms with Crippen molar-refractivity contribution in [1.82, 2.24) is 4.98 Å². The lowest BCUT2D eigenvalue weighted by Crippen LogP contribution is -1.90. The van der Waals surface area contributed by atoms with Gasteiger partial charge in [0.2, 0.25) is 0 Å². The van der Waals surface area contributed by atoms with E-state index in [1.54, 1.807) is 6.07 Å². The zero-order valence-corrected chi connectivity index (χ0v) is 10.9. The largest absolute Gasteiger partial charge is 0.287 e. The number of benzene rings is 1. The summed E-state index contributed by atoms with van der Waals surface area (Å²) in [6.45, 7) is 2.18. The van der Waals surface area contributed by atoms with Crippen molar-refractivity contribution in [3.8, 4) is 11.3 Å². The molecule has 0 saturated carbocycles. The van der Waals surface area contributed by atoms with Gasteiger partial charge in [0, 0.05) is 11.6 Å². The van der Waals surface area contributed by atoms with E-state index in [0.717, 1.165) is 17.7 Å². The highest BCUT2D eigenvalue weighted by atomic mass is 16.6. The van der Waals surface area contributed by atoms with Crippen LogP contribution in [0, 0.1) is 10.1 Å². The van der Waals surface area contributed by atoms with Crippen LogP contribution in [0.5, 0.6) is 0 Å². The Balaban J connectivity index is 2.15. The van der Waals surface area contributed by atoms with Gasteiger partial charge in [-0.25, -0.2) is 4.98 Å². The van der Waals surface area contributed by atoms with Gasteiger partial charge < -0.3 is 0 Å². The van der Waals surface area contributed by atoms with E-state index in [1.807, 2.05) is 12.1 Å². The van der Waals surface area contributed by atoms with E-state index in [1.165, 1.54) is 30.7 Å². The fourth-order valence-electron chi connectivity index (χ4n) is 1.89. The Hall–Kier alpha value is -2.23. The molecule has 2 rings (SSSR count). The number of unbranched alkanes of at least 4 members (excludes halogenated alkanes) is 1. The fraction of sp³-hybridized carbons (Fsp3) is 0.267. The number of hydrogen-bond acceptors (Lipinski definition) is 3. The minimum absolute atomic E-state index is 0.0170. The summed E-state index contributed by atoms with van der Waals surface area (Å²) in [4.78, 5) is 14.2. The van der Waals surface area contributed by atoms with Crippen LogP contribution in [0.2, 0.25) is 0 Å². The lowest BCUT2D eigenvalue weighted by atomic mass is 10.0. The van der Waals surface area contributed by atoms with Crippen LogP contribution in [0.15, 0.2) is 42.6 Å². The Morgan fingerprint density at radius 1 is 1.16 bits per heavy atom. The molecule has 0 aliphatic heterocycles. The highest BCUT2D eigenvalue weighted by Gasteiger charge is 2.06. The minimum atomic E-state index is -0.440. The molecular weight excluding hydrogens is 240 g/mol. The van der Waals surface area contributed by atoms with E-state index in [0.29, 0.717) is 0 Å². The van der Waals surface area contributed by atoms with Gasteiger partial charge in [-0.1, -0.05) is 37.6 Å². The summed E-state index contributed by atoms with van der Waals surface area (Å²) in [6.07, 6.45) is 4.76. The summed E-state index contributed by atoms with van der Waals surface area (Å²) in [6, 6.07) is 11.4. The van der Waals surface area contributed by atoms with Crippen molar-refractivity contribution < 1.29 is 4.92 Å². The first-order valence-corrected chi connectivity index (χ1v) is 6.40. The van der Waals surface area contributed by atoms with Crippen molar-refractivity contribution in [2.24, 2.45) is 0 Å². The van der Waals surface area contributed by atoms with Crippen LogP contribution in [-0.4, -0.2) is 9.91 Å². The number of aromatic nitrogens is 1. The number of nitrogens with zero attached hydrogens (tertiary/aromatic N) is 2. The average molecular weight is 256 g/mol. The third kappa shape index (κ3) is 3.37. The van der Waals surface area contributed by atoms with Crippen LogP contribution in [0.1, 0.15) is 25.3 Å². The van der Waals surface area contributed by atoms with E-state index in [4.69, 9.17) is 0 Å². The third-order valence-corrected chi connectivity index (χ3v) is 3.03. The molecule has 0 amide bonds. The first-order chi connectivity index (χ1) is 9.20. The standard InChI is InChI=1S/C15H16N2O2/c1-2-3-4-12-5-7-13(8-6-12)15-10-9-14(11-16-15)17(18)19/h5-11H,2-4H2,1H3. The molecule has 0 atom stereocenters. The minimum Gasteiger partial charge on any atom is -0.258 e. The normalized spacial score (nSPS) is 10.4. The van der Waals surface area contributed by atoms with Gasteiger partial charge >= 0.3 is 0 Å². The molecule has 0 saturated heterocycles. The molecule has 0 radical (unpaired) electrons. The molecule has 1 heterocycles. The monoisotopic (exact) mass is 256 g/mol. The average Bonchev–Trinajstić information content (AvgIpc) is 2.46. The number of hydrogen-bond donors (Lipinski definition) is 0. The van der Waals surface area contributed by atoms with Crippen molar-refractivity contribution >= 4 is 5.69 Å². The second kappa shape index (κ2) is 6.09. The summed E-state index contributed by atoms with van der Waals surface area (Å²) in [5, 5.41) is 10.6. The Kier molecular flexibility index (Phi) is 4.23. The van der Waals surface area contributed by atoms with Gasteiger partial charge in [0.25, 0.3) is 5.69 Å². The second-order valence-electron chi connectivity index (χ2n) is 4.46. The lowest BCUT2D eigenvalue weighted by Gasteiger charge is -2.03. The molecular formula is C15H16N2O2. The maximum Gasteiger partial charge on any atom is 0.287 e. The number of pyridine rings is 1. The predicted molar refractivity (Wildman–Crippen MR) is 74.9 cm³/mol. The molecule has 4 nitrogen and oxygen atoms in total. The molecule has 0 aliphatic carbocycles. The van der Waals surface area contributed by atoms with Gasteiger partial charge in [-0.05, 0) is 24.5 Å². The van der Waals surface area contributed by atoms with Gasteiger partial charge in [0.15, 0.2) is 0 Å². The maximum absolute atomic E-state index is 10.6. The molecule has 4 heteroatoms. The Morgan fingerprint density at radius 3 is 2.42 bits per heavy atom. The topological polar surface area (TPSA) is 56.0 Å². The van der Waals surface area contributed by atoms with Crippen molar-refractivity contribution in [3.63, 3.8) is 0 Å². The van der Waals surface area contributed by atoms with Gasteiger partial charge in [-0.3, -0.25) is 10.1 Å². The van der Waals surface area contributed by atoms with Gasteiger partial charge in [0.05, 0.1) is 10.6 Å². The van der Waals surface area contributed by atoms with Crippen LogP contribution < -0.4 is 0 Å². The zero-order chi connectivity index (χ0) is 13.7. The molecule has 0 unspecified atom stereocenters. The van der Waals surface area contributed by atoms with Crippen molar-refractivity contribution in [3.05, 3.63) is 58.3 Å². The molecule has 0 bridgehead atoms. The van der Waals surface area contributed by atoms with Crippen LogP contribution in [0.3, 0.4) is 0 Å². The first-order valence-electron chi connectivity index (χ1n) is 6.40. The van der Waals surface area contributed by atoms with E-state index >= 15 is 0 Å². The zero-order valence-electron chi connectivity index (χ0n) is 10.9. The summed E-state index contributed by atoms with van der Waals surface area (Å²) in [5.41, 5.74) is 3.07. The Bertz CT molecular complexity index is 547. The second-order valence-corrected chi connectivity index (χ2v) is 4.46. The molecule has 0 fully saturated rings. The lowest BCUT2D eigenvalue weighted by molar-refractivity contribution is -0.385. The van der Waals surface area contributed by atoms with Crippen molar-refractivity contribution in [2.75, 3.05) is 0 Å². The van der Waals surface area contributed by atoms with Crippen LogP contribution in [0.4, 0.5) is 5.69 Å². The van der Waals surface area contributed by atoms with Gasteiger partial charge in [0.1, 0.15) is 6.20 Å². The highest BCUT2D eigenvalue weighted by molar-refractivity contribution is 5.60. The smallest absolute Gasteiger partial charge is 0.258 e. The van der Waals surface area contributed by atoms with E-state index in [2.05, 4.69) is 24.0 Å². The summed E-state index contributed by atoms with van der Waals surface area (Å²) >= 11 is 0. The van der Waals surface area contributed by atoms with Gasteiger partial charge in [-0.15, -0.1) is 0 Å². The number of nitro groups is 1. The van der Waals surface area contributed by atoms with E-state index in [9.17, 15) is 10.1 Å². The molecule has 2 aromatic rings. The molecule has 19 heavy (non-hydrogen) atoms. The predicted octanol–water partition coefficient (Wildman–Crippen LogP) is 4.00. The Labute approximate surface area is 112 Å². The van der Waals surface area contributed by atoms with Crippen molar-refractivity contribution in [2.45, 2.75) is 26.2 Å². The number of aryl methyl sites for hydroxylation is 1. The summed E-state index contributed by atoms with van der Waals surface area (Å²) < 4.78 is 0. The molecule has 0 spiro atoms. The SMILES string of the molecule is CCCCc1ccc(-c2ccc([N+](=O)[O-])cn2)cc1. The molecule has 0 N–H and O–H groups in total. The van der Waals surface area contributed by atoms with E-state index < -0.39 is 4.92 Å². The van der Waals surface area contributed by atoms with Crippen LogP contribution in [0.25, 0.3) is 11.3 Å². The maximum atomic E-state index is 10.6. The fourth-order valence-corrected chi connectivity index (χ4v) is 1.89. The first kappa shape index (κ1) is 13.2. The third-order valence-electron chi connectivity index (χ3n) is 3.03. The summed E-state index contributed by atoms with van der Waals surface area (Å²) in [5.74, 6) is 0. The van der Waals surface area contributed by atoms with Crippen LogP contribution in [-0.2, 0) is 6.42 Å². The molecule has 1 aromatic carbocycles.